The summed E-state index contributed by atoms with van der Waals surface area (Å²) < 4.78 is 15.9. The normalized spacial score (nSPS) is 13.7. The topological polar surface area (TPSA) is 116 Å². The predicted octanol–water partition coefficient (Wildman–Crippen LogP) is 1.78. The molecule has 10 nitrogen and oxygen atoms in total. The molecule has 1 saturated heterocycles. The number of nitro groups is 1. The lowest BCUT2D eigenvalue weighted by atomic mass is 10.1. The minimum Gasteiger partial charge on any atom is -0.475 e. The van der Waals surface area contributed by atoms with Crippen LogP contribution in [0.1, 0.15) is 15.9 Å². The number of rotatable bonds is 9. The van der Waals surface area contributed by atoms with Gasteiger partial charge in [0.25, 0.3) is 11.6 Å². The Bertz CT molecular complexity index is 885. The number of hydrogen-bond acceptors (Lipinski definition) is 8. The Morgan fingerprint density at radius 1 is 1.30 bits per heavy atom. The van der Waals surface area contributed by atoms with E-state index >= 15 is 0 Å². The highest BCUT2D eigenvalue weighted by Gasteiger charge is 2.22. The molecule has 1 fully saturated rings. The minimum absolute atomic E-state index is 0.137. The largest absolute Gasteiger partial charge is 0.475 e. The number of anilines is 1. The fourth-order valence-electron chi connectivity index (χ4n) is 3.08. The smallest absolute Gasteiger partial charge is 0.270 e. The van der Waals surface area contributed by atoms with Gasteiger partial charge in [-0.1, -0.05) is 6.07 Å². The molecule has 0 spiro atoms. The van der Waals surface area contributed by atoms with Gasteiger partial charge in [-0.2, -0.15) is 0 Å². The van der Waals surface area contributed by atoms with Crippen molar-refractivity contribution in [2.75, 3.05) is 51.5 Å². The summed E-state index contributed by atoms with van der Waals surface area (Å²) >= 11 is 0. The van der Waals surface area contributed by atoms with E-state index in [-0.39, 0.29) is 17.8 Å². The number of ether oxygens (including phenoxy) is 3. The second-order valence-corrected chi connectivity index (χ2v) is 6.55. The first-order valence-electron chi connectivity index (χ1n) is 9.55. The first-order valence-corrected chi connectivity index (χ1v) is 9.55. The number of morpholine rings is 1. The molecule has 0 atom stereocenters. The SMILES string of the molecule is COCCOc1ncccc1CNC(=O)c1cc([N+](=O)[O-])ccc1N1CCOCC1. The van der Waals surface area contributed by atoms with Crippen LogP contribution in [-0.4, -0.2) is 62.4 Å². The summed E-state index contributed by atoms with van der Waals surface area (Å²) in [5.41, 5.74) is 1.45. The second kappa shape index (κ2) is 10.5. The van der Waals surface area contributed by atoms with Crippen LogP contribution in [0, 0.1) is 10.1 Å². The summed E-state index contributed by atoms with van der Waals surface area (Å²) in [7, 11) is 1.58. The summed E-state index contributed by atoms with van der Waals surface area (Å²) in [5, 5.41) is 14.0. The molecule has 0 unspecified atom stereocenters. The molecular formula is C20H24N4O6. The zero-order valence-electron chi connectivity index (χ0n) is 16.7. The van der Waals surface area contributed by atoms with Crippen LogP contribution in [0.4, 0.5) is 11.4 Å². The number of nitrogens with zero attached hydrogens (tertiary/aromatic N) is 3. The van der Waals surface area contributed by atoms with Crippen LogP contribution in [-0.2, 0) is 16.0 Å². The number of amides is 1. The lowest BCUT2D eigenvalue weighted by molar-refractivity contribution is -0.384. The molecule has 1 aliphatic heterocycles. The molecule has 160 valence electrons. The van der Waals surface area contributed by atoms with Crippen LogP contribution < -0.4 is 15.0 Å². The van der Waals surface area contributed by atoms with Gasteiger partial charge in [-0.05, 0) is 12.1 Å². The molecule has 1 N–H and O–H groups in total. The van der Waals surface area contributed by atoms with Crippen molar-refractivity contribution in [2.24, 2.45) is 0 Å². The van der Waals surface area contributed by atoms with Gasteiger partial charge in [0.15, 0.2) is 0 Å². The van der Waals surface area contributed by atoms with Crippen LogP contribution in [0.25, 0.3) is 0 Å². The quantitative estimate of drug-likeness (QED) is 0.374. The summed E-state index contributed by atoms with van der Waals surface area (Å²) in [6.07, 6.45) is 1.60. The average molecular weight is 416 g/mol. The zero-order chi connectivity index (χ0) is 21.3. The molecule has 1 aromatic heterocycles. The fourth-order valence-corrected chi connectivity index (χ4v) is 3.08. The number of nitro benzene ring substituents is 1. The van der Waals surface area contributed by atoms with E-state index in [4.69, 9.17) is 14.2 Å². The van der Waals surface area contributed by atoms with Crippen molar-refractivity contribution in [3.8, 4) is 5.88 Å². The summed E-state index contributed by atoms with van der Waals surface area (Å²) in [6.45, 7) is 3.21. The van der Waals surface area contributed by atoms with Gasteiger partial charge in [0, 0.05) is 50.6 Å². The fraction of sp³-hybridized carbons (Fsp3) is 0.400. The monoisotopic (exact) mass is 416 g/mol. The van der Waals surface area contributed by atoms with Crippen LogP contribution in [0.15, 0.2) is 36.5 Å². The molecule has 2 heterocycles. The molecule has 30 heavy (non-hydrogen) atoms. The maximum Gasteiger partial charge on any atom is 0.270 e. The third-order valence-corrected chi connectivity index (χ3v) is 4.60. The molecule has 10 heteroatoms. The maximum absolute atomic E-state index is 13.0. The van der Waals surface area contributed by atoms with Gasteiger partial charge in [-0.3, -0.25) is 14.9 Å². The Hall–Kier alpha value is -3.24. The molecule has 0 bridgehead atoms. The lowest BCUT2D eigenvalue weighted by Gasteiger charge is -2.30. The number of aromatic nitrogens is 1. The first-order chi connectivity index (χ1) is 14.6. The minimum atomic E-state index is -0.511. The van der Waals surface area contributed by atoms with Gasteiger partial charge >= 0.3 is 0 Å². The number of carbonyl (C=O) groups is 1. The van der Waals surface area contributed by atoms with E-state index in [0.29, 0.717) is 56.6 Å². The van der Waals surface area contributed by atoms with Crippen LogP contribution in [0.2, 0.25) is 0 Å². The summed E-state index contributed by atoms with van der Waals surface area (Å²) in [6, 6.07) is 7.87. The van der Waals surface area contributed by atoms with Crippen molar-refractivity contribution < 1.29 is 23.9 Å². The molecule has 3 rings (SSSR count). The Morgan fingerprint density at radius 2 is 2.10 bits per heavy atom. The second-order valence-electron chi connectivity index (χ2n) is 6.55. The summed E-state index contributed by atoms with van der Waals surface area (Å²) in [4.78, 5) is 29.8. The van der Waals surface area contributed by atoms with E-state index in [2.05, 4.69) is 10.3 Å². The van der Waals surface area contributed by atoms with E-state index in [1.54, 1.807) is 31.5 Å². The highest BCUT2D eigenvalue weighted by Crippen LogP contribution is 2.26. The first kappa shape index (κ1) is 21.5. The standard InChI is InChI=1S/C20H24N4O6/c1-28-11-12-30-20-15(3-2-6-21-20)14-22-19(25)17-13-16(24(26)27)4-5-18(17)23-7-9-29-10-8-23/h2-6,13H,7-12,14H2,1H3,(H,22,25). The molecule has 1 aromatic carbocycles. The molecule has 1 aliphatic rings. The highest BCUT2D eigenvalue weighted by atomic mass is 16.6. The van der Waals surface area contributed by atoms with Gasteiger partial charge in [-0.25, -0.2) is 4.98 Å². The van der Waals surface area contributed by atoms with Gasteiger partial charge in [0.05, 0.1) is 36.0 Å². The van der Waals surface area contributed by atoms with Crippen molar-refractivity contribution in [1.29, 1.82) is 0 Å². The van der Waals surface area contributed by atoms with E-state index in [9.17, 15) is 14.9 Å². The summed E-state index contributed by atoms with van der Waals surface area (Å²) in [5.74, 6) is -0.00539. The lowest BCUT2D eigenvalue weighted by Crippen LogP contribution is -2.38. The Morgan fingerprint density at radius 3 is 2.83 bits per heavy atom. The molecule has 0 saturated carbocycles. The van der Waals surface area contributed by atoms with Gasteiger partial charge in [0.1, 0.15) is 6.61 Å². The highest BCUT2D eigenvalue weighted by molar-refractivity contribution is 6.00. The van der Waals surface area contributed by atoms with Gasteiger partial charge in [0.2, 0.25) is 5.88 Å². The number of nitrogens with one attached hydrogen (secondary N) is 1. The van der Waals surface area contributed by atoms with E-state index in [1.165, 1.54) is 12.1 Å². The van der Waals surface area contributed by atoms with Crippen LogP contribution in [0.5, 0.6) is 5.88 Å². The number of methoxy groups -OCH3 is 1. The number of non-ortho nitro benzene ring substituents is 1. The molecule has 0 aliphatic carbocycles. The predicted molar refractivity (Wildman–Crippen MR) is 109 cm³/mol. The zero-order valence-corrected chi connectivity index (χ0v) is 16.7. The Labute approximate surface area is 173 Å². The van der Waals surface area contributed by atoms with Gasteiger partial charge in [-0.15, -0.1) is 0 Å². The van der Waals surface area contributed by atoms with E-state index in [1.807, 2.05) is 4.90 Å². The molecule has 1 amide bonds. The molecule has 2 aromatic rings. The van der Waals surface area contributed by atoms with Crippen LogP contribution in [0.3, 0.4) is 0 Å². The third-order valence-electron chi connectivity index (χ3n) is 4.60. The number of benzene rings is 1. The van der Waals surface area contributed by atoms with Crippen molar-refractivity contribution in [3.63, 3.8) is 0 Å². The van der Waals surface area contributed by atoms with Crippen molar-refractivity contribution >= 4 is 17.3 Å². The van der Waals surface area contributed by atoms with E-state index < -0.39 is 10.8 Å². The van der Waals surface area contributed by atoms with Crippen molar-refractivity contribution in [3.05, 3.63) is 57.8 Å². The maximum atomic E-state index is 13.0. The molecule has 0 radical (unpaired) electrons. The molecular weight excluding hydrogens is 392 g/mol. The van der Waals surface area contributed by atoms with Crippen molar-refractivity contribution in [1.82, 2.24) is 10.3 Å². The number of hydrogen-bond donors (Lipinski definition) is 1. The van der Waals surface area contributed by atoms with E-state index in [0.717, 1.165) is 0 Å². The average Bonchev–Trinajstić information content (AvgIpc) is 2.78. The Kier molecular flexibility index (Phi) is 7.52. The van der Waals surface area contributed by atoms with Crippen molar-refractivity contribution in [2.45, 2.75) is 6.54 Å². The number of carbonyl (C=O) groups excluding carboxylic acids is 1. The third kappa shape index (κ3) is 5.43. The Balaban J connectivity index is 1.77. The van der Waals surface area contributed by atoms with Gasteiger partial charge < -0.3 is 24.4 Å². The number of pyridine rings is 1. The van der Waals surface area contributed by atoms with Crippen LogP contribution >= 0.6 is 0 Å².